The quantitative estimate of drug-likeness (QED) is 0.653. The zero-order valence-electron chi connectivity index (χ0n) is 17.6. The third kappa shape index (κ3) is 5.05. The summed E-state index contributed by atoms with van der Waals surface area (Å²) in [7, 11) is -3.88. The number of likely N-dealkylation sites (tertiary alicyclic amines) is 1. The summed E-state index contributed by atoms with van der Waals surface area (Å²) in [6, 6.07) is 9.56. The summed E-state index contributed by atoms with van der Waals surface area (Å²) >= 11 is 7.54. The van der Waals surface area contributed by atoms with Crippen LogP contribution in [0.5, 0.6) is 0 Å². The SMILES string of the molecule is Cc1ccc(NS(=O)(=O)c2ccc3c(c2)NC(=O)[C@H](CC(=O)N2CCCC2)CS3)cc1Cl. The number of nitrogens with one attached hydrogen (secondary N) is 2. The molecule has 2 aromatic rings. The van der Waals surface area contributed by atoms with Gasteiger partial charge in [-0.15, -0.1) is 11.8 Å². The third-order valence-corrected chi connectivity index (χ3v) is 8.66. The molecule has 0 unspecified atom stereocenters. The number of anilines is 2. The van der Waals surface area contributed by atoms with Gasteiger partial charge in [0, 0.05) is 35.2 Å². The Morgan fingerprint density at radius 1 is 1.22 bits per heavy atom. The van der Waals surface area contributed by atoms with Crippen molar-refractivity contribution in [3.05, 3.63) is 47.0 Å². The lowest BCUT2D eigenvalue weighted by Crippen LogP contribution is -2.33. The molecule has 2 aliphatic rings. The number of nitrogens with zero attached hydrogens (tertiary/aromatic N) is 1. The molecule has 1 saturated heterocycles. The van der Waals surface area contributed by atoms with Crippen LogP contribution in [0.3, 0.4) is 0 Å². The number of carbonyl (C=O) groups is 2. The number of rotatable bonds is 5. The second-order valence-corrected chi connectivity index (χ2v) is 11.2. The number of amides is 2. The molecule has 0 radical (unpaired) electrons. The van der Waals surface area contributed by atoms with Crippen LogP contribution in [-0.2, 0) is 19.6 Å². The van der Waals surface area contributed by atoms with Crippen molar-refractivity contribution in [3.63, 3.8) is 0 Å². The van der Waals surface area contributed by atoms with Crippen LogP contribution in [0.15, 0.2) is 46.2 Å². The minimum atomic E-state index is -3.88. The Kier molecular flexibility index (Phi) is 6.69. The van der Waals surface area contributed by atoms with Crippen LogP contribution in [0.25, 0.3) is 0 Å². The molecule has 2 heterocycles. The van der Waals surface area contributed by atoms with Gasteiger partial charge >= 0.3 is 0 Å². The van der Waals surface area contributed by atoms with Gasteiger partial charge in [-0.2, -0.15) is 0 Å². The number of fused-ring (bicyclic) bond motifs is 1. The van der Waals surface area contributed by atoms with Crippen LogP contribution in [0.4, 0.5) is 11.4 Å². The van der Waals surface area contributed by atoms with E-state index in [1.165, 1.54) is 23.9 Å². The smallest absolute Gasteiger partial charge is 0.261 e. The number of halogens is 1. The van der Waals surface area contributed by atoms with E-state index < -0.39 is 15.9 Å². The average molecular weight is 494 g/mol. The number of carbonyl (C=O) groups excluding carboxylic acids is 2. The van der Waals surface area contributed by atoms with Gasteiger partial charge in [0.2, 0.25) is 11.8 Å². The lowest BCUT2D eigenvalue weighted by molar-refractivity contribution is -0.133. The van der Waals surface area contributed by atoms with Crippen molar-refractivity contribution in [2.45, 2.75) is 36.0 Å². The zero-order valence-corrected chi connectivity index (χ0v) is 19.9. The Morgan fingerprint density at radius 2 is 1.97 bits per heavy atom. The van der Waals surface area contributed by atoms with E-state index in [2.05, 4.69) is 10.0 Å². The van der Waals surface area contributed by atoms with Gasteiger partial charge in [0.1, 0.15) is 0 Å². The Bertz CT molecular complexity index is 1160. The Balaban J connectivity index is 1.50. The van der Waals surface area contributed by atoms with Crippen molar-refractivity contribution in [1.29, 1.82) is 0 Å². The van der Waals surface area contributed by atoms with Gasteiger partial charge in [-0.3, -0.25) is 14.3 Å². The lowest BCUT2D eigenvalue weighted by atomic mass is 10.1. The fourth-order valence-electron chi connectivity index (χ4n) is 3.73. The second kappa shape index (κ2) is 9.33. The molecule has 0 spiro atoms. The molecule has 10 heteroatoms. The summed E-state index contributed by atoms with van der Waals surface area (Å²) in [5.74, 6) is -0.270. The summed E-state index contributed by atoms with van der Waals surface area (Å²) in [6.45, 7) is 3.33. The summed E-state index contributed by atoms with van der Waals surface area (Å²) in [5, 5.41) is 3.28. The van der Waals surface area contributed by atoms with Crippen molar-refractivity contribution in [3.8, 4) is 0 Å². The maximum Gasteiger partial charge on any atom is 0.261 e. The highest BCUT2D eigenvalue weighted by Gasteiger charge is 2.30. The van der Waals surface area contributed by atoms with Crippen LogP contribution in [0.1, 0.15) is 24.8 Å². The maximum atomic E-state index is 12.9. The topological polar surface area (TPSA) is 95.6 Å². The molecule has 2 aliphatic heterocycles. The molecular formula is C22H24ClN3O4S2. The number of thioether (sulfide) groups is 1. The molecule has 2 amide bonds. The van der Waals surface area contributed by atoms with Crippen molar-refractivity contribution in [1.82, 2.24) is 4.90 Å². The Labute approximate surface area is 196 Å². The summed E-state index contributed by atoms with van der Waals surface area (Å²) in [6.07, 6.45) is 2.17. The van der Waals surface area contributed by atoms with Gasteiger partial charge in [-0.25, -0.2) is 8.42 Å². The van der Waals surface area contributed by atoms with Gasteiger partial charge < -0.3 is 10.2 Å². The number of sulfonamides is 1. The van der Waals surface area contributed by atoms with Gasteiger partial charge in [0.05, 0.1) is 22.2 Å². The van der Waals surface area contributed by atoms with E-state index in [1.807, 2.05) is 11.8 Å². The maximum absolute atomic E-state index is 12.9. The minimum absolute atomic E-state index is 0.00145. The first-order valence-corrected chi connectivity index (χ1v) is 13.2. The zero-order chi connectivity index (χ0) is 22.9. The largest absolute Gasteiger partial charge is 0.343 e. The molecule has 0 bridgehead atoms. The second-order valence-electron chi connectivity index (χ2n) is 8.02. The van der Waals surface area contributed by atoms with E-state index in [0.717, 1.165) is 36.4 Å². The lowest BCUT2D eigenvalue weighted by Gasteiger charge is -2.18. The fourth-order valence-corrected chi connectivity index (χ4v) is 6.06. The summed E-state index contributed by atoms with van der Waals surface area (Å²) < 4.78 is 28.3. The van der Waals surface area contributed by atoms with E-state index in [-0.39, 0.29) is 23.1 Å². The van der Waals surface area contributed by atoms with Crippen LogP contribution in [0.2, 0.25) is 5.02 Å². The van der Waals surface area contributed by atoms with Gasteiger partial charge in [-0.1, -0.05) is 17.7 Å². The van der Waals surface area contributed by atoms with Gasteiger partial charge in [0.15, 0.2) is 0 Å². The normalized spacial score (nSPS) is 18.6. The van der Waals surface area contributed by atoms with Crippen LogP contribution in [0, 0.1) is 12.8 Å². The Morgan fingerprint density at radius 3 is 2.69 bits per heavy atom. The predicted octanol–water partition coefficient (Wildman–Crippen LogP) is 4.12. The van der Waals surface area contributed by atoms with E-state index in [9.17, 15) is 18.0 Å². The Hall–Kier alpha value is -2.23. The van der Waals surface area contributed by atoms with Gasteiger partial charge in [0.25, 0.3) is 10.0 Å². The highest BCUT2D eigenvalue weighted by Crippen LogP contribution is 2.35. The van der Waals surface area contributed by atoms with Crippen molar-refractivity contribution >= 4 is 56.6 Å². The molecule has 1 atom stereocenters. The molecule has 4 rings (SSSR count). The minimum Gasteiger partial charge on any atom is -0.343 e. The molecule has 170 valence electrons. The number of benzene rings is 2. The molecule has 0 saturated carbocycles. The number of aryl methyl sites for hydroxylation is 1. The first kappa shape index (κ1) is 22.9. The number of hydrogen-bond acceptors (Lipinski definition) is 5. The molecule has 0 aliphatic carbocycles. The van der Waals surface area contributed by atoms with Gasteiger partial charge in [-0.05, 0) is 55.7 Å². The van der Waals surface area contributed by atoms with E-state index >= 15 is 0 Å². The highest BCUT2D eigenvalue weighted by atomic mass is 35.5. The van der Waals surface area contributed by atoms with Crippen molar-refractivity contribution < 1.29 is 18.0 Å². The van der Waals surface area contributed by atoms with E-state index in [0.29, 0.717) is 22.2 Å². The average Bonchev–Trinajstić information content (AvgIpc) is 3.24. The van der Waals surface area contributed by atoms with Crippen LogP contribution >= 0.6 is 23.4 Å². The first-order chi connectivity index (χ1) is 15.2. The molecule has 0 aromatic heterocycles. The molecule has 7 nitrogen and oxygen atoms in total. The molecular weight excluding hydrogens is 470 g/mol. The molecule has 1 fully saturated rings. The summed E-state index contributed by atoms with van der Waals surface area (Å²) in [4.78, 5) is 27.9. The standard InChI is InChI=1S/C22H24ClN3O4S2/c1-14-4-5-16(11-18(14)23)25-32(29,30)17-6-7-20-19(12-17)24-22(28)15(13-31-20)10-21(27)26-8-2-3-9-26/h4-7,11-12,15,25H,2-3,8-10,13H2,1H3,(H,24,28)/t15-/m1/s1. The molecule has 32 heavy (non-hydrogen) atoms. The van der Waals surface area contributed by atoms with Crippen LogP contribution in [-0.4, -0.2) is 44.0 Å². The first-order valence-electron chi connectivity index (χ1n) is 10.4. The van der Waals surface area contributed by atoms with E-state index in [4.69, 9.17) is 11.6 Å². The predicted molar refractivity (Wildman–Crippen MR) is 127 cm³/mol. The molecule has 2 N–H and O–H groups in total. The summed E-state index contributed by atoms with van der Waals surface area (Å²) in [5.41, 5.74) is 1.63. The fraction of sp³-hybridized carbons (Fsp3) is 0.364. The number of hydrogen-bond donors (Lipinski definition) is 2. The van der Waals surface area contributed by atoms with Crippen LogP contribution < -0.4 is 10.0 Å². The monoisotopic (exact) mass is 493 g/mol. The van der Waals surface area contributed by atoms with Crippen molar-refractivity contribution in [2.24, 2.45) is 5.92 Å². The highest BCUT2D eigenvalue weighted by molar-refractivity contribution is 7.99. The van der Waals surface area contributed by atoms with E-state index in [1.54, 1.807) is 24.3 Å². The third-order valence-electron chi connectivity index (χ3n) is 5.63. The van der Waals surface area contributed by atoms with Crippen molar-refractivity contribution in [2.75, 3.05) is 28.9 Å². The molecule has 2 aromatic carbocycles.